The molecular formula is C20H24FNO3S. The second-order valence-corrected chi connectivity index (χ2v) is 8.54. The first-order valence-corrected chi connectivity index (χ1v) is 10.5. The Hall–Kier alpha value is -1.92. The van der Waals surface area contributed by atoms with Crippen LogP contribution in [0.3, 0.4) is 0 Å². The molecule has 3 rings (SSSR count). The lowest BCUT2D eigenvalue weighted by atomic mass is 9.84. The van der Waals surface area contributed by atoms with Gasteiger partial charge in [0, 0.05) is 12.0 Å². The molecule has 0 saturated carbocycles. The van der Waals surface area contributed by atoms with Gasteiger partial charge < -0.3 is 4.74 Å². The van der Waals surface area contributed by atoms with E-state index < -0.39 is 10.0 Å². The Kier molecular flexibility index (Phi) is 5.34. The minimum absolute atomic E-state index is 0.182. The average Bonchev–Trinajstić information content (AvgIpc) is 2.63. The molecule has 1 aliphatic heterocycles. The number of hydrogen-bond acceptors (Lipinski definition) is 3. The van der Waals surface area contributed by atoms with E-state index in [4.69, 9.17) is 4.74 Å². The number of benzene rings is 2. The van der Waals surface area contributed by atoms with E-state index in [1.807, 2.05) is 24.3 Å². The minimum Gasteiger partial charge on any atom is -0.487 e. The lowest BCUT2D eigenvalue weighted by Crippen LogP contribution is -2.44. The van der Waals surface area contributed by atoms with E-state index in [1.54, 1.807) is 0 Å². The molecule has 1 unspecified atom stereocenters. The first-order chi connectivity index (χ1) is 12.4. The smallest absolute Gasteiger partial charge is 0.216 e. The summed E-state index contributed by atoms with van der Waals surface area (Å²) in [4.78, 5) is 0. The van der Waals surface area contributed by atoms with E-state index in [0.29, 0.717) is 12.0 Å². The highest BCUT2D eigenvalue weighted by Gasteiger charge is 2.39. The Labute approximate surface area is 154 Å². The van der Waals surface area contributed by atoms with Crippen molar-refractivity contribution in [3.63, 3.8) is 0 Å². The van der Waals surface area contributed by atoms with Crippen LogP contribution in [0.15, 0.2) is 48.5 Å². The van der Waals surface area contributed by atoms with Crippen LogP contribution < -0.4 is 9.46 Å². The third kappa shape index (κ3) is 4.07. The first-order valence-electron chi connectivity index (χ1n) is 8.89. The quantitative estimate of drug-likeness (QED) is 0.815. The summed E-state index contributed by atoms with van der Waals surface area (Å²) in [5.74, 6) is 0.169. The molecule has 0 amide bonds. The van der Waals surface area contributed by atoms with Crippen molar-refractivity contribution in [3.8, 4) is 5.75 Å². The third-order valence-corrected chi connectivity index (χ3v) is 6.43. The molecule has 4 nitrogen and oxygen atoms in total. The maximum absolute atomic E-state index is 13.0. The molecule has 1 N–H and O–H groups in total. The number of sulfonamides is 1. The molecule has 2 aromatic carbocycles. The van der Waals surface area contributed by atoms with Crippen LogP contribution in [0.2, 0.25) is 0 Å². The van der Waals surface area contributed by atoms with Crippen LogP contribution in [0.25, 0.3) is 0 Å². The number of ether oxygens (including phenoxy) is 1. The first kappa shape index (κ1) is 18.9. The monoisotopic (exact) mass is 377 g/mol. The molecule has 0 aliphatic carbocycles. The van der Waals surface area contributed by atoms with Crippen molar-refractivity contribution in [1.82, 2.24) is 4.72 Å². The molecule has 1 heterocycles. The molecule has 26 heavy (non-hydrogen) atoms. The lowest BCUT2D eigenvalue weighted by molar-refractivity contribution is 0.0260. The molecule has 0 aromatic heterocycles. The van der Waals surface area contributed by atoms with Gasteiger partial charge in [-0.1, -0.05) is 44.2 Å². The van der Waals surface area contributed by atoms with Gasteiger partial charge in [-0.05, 0) is 36.6 Å². The maximum atomic E-state index is 13.0. The standard InChI is InChI=1S/C20H24FNO3S/c1-3-20(4-2)13-18(17-7-5-6-8-19(17)25-20)22-26(23,24)14-15-9-11-16(21)12-10-15/h5-12,18,22H,3-4,13-14H2,1-2H3. The van der Waals surface area contributed by atoms with Gasteiger partial charge in [0.25, 0.3) is 0 Å². The molecule has 2 aromatic rings. The van der Waals surface area contributed by atoms with Gasteiger partial charge in [-0.15, -0.1) is 0 Å². The molecule has 0 fully saturated rings. The fraction of sp³-hybridized carbons (Fsp3) is 0.400. The van der Waals surface area contributed by atoms with Crippen LogP contribution in [0.4, 0.5) is 4.39 Å². The summed E-state index contributed by atoms with van der Waals surface area (Å²) < 4.78 is 47.5. The van der Waals surface area contributed by atoms with E-state index in [2.05, 4.69) is 18.6 Å². The van der Waals surface area contributed by atoms with Crippen molar-refractivity contribution in [2.45, 2.75) is 50.5 Å². The average molecular weight is 377 g/mol. The highest BCUT2D eigenvalue weighted by atomic mass is 32.2. The second kappa shape index (κ2) is 7.37. The molecule has 0 saturated heterocycles. The van der Waals surface area contributed by atoms with Gasteiger partial charge in [0.15, 0.2) is 0 Å². The van der Waals surface area contributed by atoms with E-state index >= 15 is 0 Å². The SMILES string of the molecule is CCC1(CC)CC(NS(=O)(=O)Cc2ccc(F)cc2)c2ccccc2O1. The van der Waals surface area contributed by atoms with Crippen LogP contribution in [-0.4, -0.2) is 14.0 Å². The van der Waals surface area contributed by atoms with E-state index in [9.17, 15) is 12.8 Å². The Balaban J connectivity index is 1.86. The molecule has 0 bridgehead atoms. The van der Waals surface area contributed by atoms with Crippen LogP contribution in [0.5, 0.6) is 5.75 Å². The zero-order valence-corrected chi connectivity index (χ0v) is 15.9. The maximum Gasteiger partial charge on any atom is 0.216 e. The van der Waals surface area contributed by atoms with Gasteiger partial charge in [-0.2, -0.15) is 0 Å². The summed E-state index contributed by atoms with van der Waals surface area (Å²) in [6.45, 7) is 4.11. The summed E-state index contributed by atoms with van der Waals surface area (Å²) in [7, 11) is -3.58. The summed E-state index contributed by atoms with van der Waals surface area (Å²) >= 11 is 0. The van der Waals surface area contributed by atoms with Crippen LogP contribution in [-0.2, 0) is 15.8 Å². The van der Waals surface area contributed by atoms with Crippen molar-refractivity contribution < 1.29 is 17.5 Å². The Morgan fingerprint density at radius 2 is 1.77 bits per heavy atom. The highest BCUT2D eigenvalue weighted by Crippen LogP contribution is 2.42. The van der Waals surface area contributed by atoms with Gasteiger partial charge in [-0.25, -0.2) is 17.5 Å². The second-order valence-electron chi connectivity index (χ2n) is 6.79. The number of fused-ring (bicyclic) bond motifs is 1. The number of rotatable bonds is 6. The zero-order valence-electron chi connectivity index (χ0n) is 15.0. The number of para-hydroxylation sites is 1. The predicted octanol–water partition coefficient (Wildman–Crippen LogP) is 4.33. The lowest BCUT2D eigenvalue weighted by Gasteiger charge is -2.41. The summed E-state index contributed by atoms with van der Waals surface area (Å²) in [6, 6.07) is 12.8. The van der Waals surface area contributed by atoms with Crippen LogP contribution in [0.1, 0.15) is 50.3 Å². The van der Waals surface area contributed by atoms with Crippen LogP contribution in [0, 0.1) is 5.82 Å². The van der Waals surface area contributed by atoms with Crippen molar-refractivity contribution in [3.05, 3.63) is 65.5 Å². The third-order valence-electron chi connectivity index (χ3n) is 5.08. The molecule has 1 atom stereocenters. The molecule has 0 radical (unpaired) electrons. The summed E-state index contributed by atoms with van der Waals surface area (Å²) in [6.07, 6.45) is 2.18. The highest BCUT2D eigenvalue weighted by molar-refractivity contribution is 7.88. The minimum atomic E-state index is -3.58. The topological polar surface area (TPSA) is 55.4 Å². The van der Waals surface area contributed by atoms with Crippen molar-refractivity contribution in [1.29, 1.82) is 0 Å². The molecule has 6 heteroatoms. The van der Waals surface area contributed by atoms with E-state index in [0.717, 1.165) is 24.2 Å². The van der Waals surface area contributed by atoms with Crippen molar-refractivity contribution in [2.75, 3.05) is 0 Å². The predicted molar refractivity (Wildman–Crippen MR) is 99.9 cm³/mol. The van der Waals surface area contributed by atoms with Gasteiger partial charge in [0.05, 0.1) is 11.8 Å². The molecule has 0 spiro atoms. The van der Waals surface area contributed by atoms with E-state index in [-0.39, 0.29) is 23.2 Å². The number of hydrogen-bond donors (Lipinski definition) is 1. The van der Waals surface area contributed by atoms with Gasteiger partial charge in [0.1, 0.15) is 17.2 Å². The Morgan fingerprint density at radius 3 is 2.42 bits per heavy atom. The van der Waals surface area contributed by atoms with Crippen molar-refractivity contribution in [2.24, 2.45) is 0 Å². The van der Waals surface area contributed by atoms with Crippen LogP contribution >= 0.6 is 0 Å². The normalized spacial score (nSPS) is 18.8. The summed E-state index contributed by atoms with van der Waals surface area (Å²) in [5.41, 5.74) is 1.03. The zero-order chi connectivity index (χ0) is 18.8. The van der Waals surface area contributed by atoms with Crippen molar-refractivity contribution >= 4 is 10.0 Å². The molecule has 1 aliphatic rings. The number of halogens is 1. The number of nitrogens with one attached hydrogen (secondary N) is 1. The van der Waals surface area contributed by atoms with E-state index in [1.165, 1.54) is 24.3 Å². The summed E-state index contributed by atoms with van der Waals surface area (Å²) in [5, 5.41) is 0. The Morgan fingerprint density at radius 1 is 1.12 bits per heavy atom. The van der Waals surface area contributed by atoms with Gasteiger partial charge in [0.2, 0.25) is 10.0 Å². The fourth-order valence-electron chi connectivity index (χ4n) is 3.46. The fourth-order valence-corrected chi connectivity index (χ4v) is 4.82. The Bertz CT molecular complexity index is 861. The molecular weight excluding hydrogens is 353 g/mol. The van der Waals surface area contributed by atoms with Gasteiger partial charge in [-0.3, -0.25) is 0 Å². The largest absolute Gasteiger partial charge is 0.487 e. The van der Waals surface area contributed by atoms with Gasteiger partial charge >= 0.3 is 0 Å². The molecule has 140 valence electrons.